The number of thiazole rings is 1. The molecule has 0 bridgehead atoms. The lowest BCUT2D eigenvalue weighted by molar-refractivity contribution is -0.137. The first-order valence-electron chi connectivity index (χ1n) is 11.0. The van der Waals surface area contributed by atoms with Crippen LogP contribution in [0.15, 0.2) is 71.2 Å². The zero-order valence-electron chi connectivity index (χ0n) is 19.6. The first-order chi connectivity index (χ1) is 16.8. The number of hydrogen-bond acceptors (Lipinski definition) is 7. The van der Waals surface area contributed by atoms with E-state index in [-0.39, 0.29) is 41.1 Å². The summed E-state index contributed by atoms with van der Waals surface area (Å²) in [5.74, 6) is -0.330. The van der Waals surface area contributed by atoms with Crippen molar-refractivity contribution >= 4 is 54.9 Å². The number of carbonyl (C=O) groups is 2. The topological polar surface area (TPSA) is 140 Å². The lowest BCUT2D eigenvalue weighted by Crippen LogP contribution is -2.53. The second kappa shape index (κ2) is 10.1. The Balaban J connectivity index is 0.00000304. The Kier molecular flexibility index (Phi) is 7.11. The van der Waals surface area contributed by atoms with E-state index in [0.29, 0.717) is 18.8 Å². The predicted octanol–water partition coefficient (Wildman–Crippen LogP) is 3.24. The number of sulfonamides is 1. The molecular weight excluding hydrogens is 500 g/mol. The summed E-state index contributed by atoms with van der Waals surface area (Å²) >= 11 is 1.19. The average molecular weight is 527 g/mol. The number of para-hydroxylation sites is 1. The third kappa shape index (κ3) is 4.96. The van der Waals surface area contributed by atoms with Crippen LogP contribution in [0.3, 0.4) is 0 Å². The van der Waals surface area contributed by atoms with E-state index >= 15 is 0 Å². The maximum Gasteiger partial charge on any atom is 0.263 e. The fourth-order valence-electron chi connectivity index (χ4n) is 4.22. The van der Waals surface area contributed by atoms with Gasteiger partial charge in [0.25, 0.3) is 10.0 Å². The Labute approximate surface area is 212 Å². The van der Waals surface area contributed by atoms with Gasteiger partial charge < -0.3 is 20.5 Å². The second-order valence-corrected chi connectivity index (χ2v) is 10.8. The summed E-state index contributed by atoms with van der Waals surface area (Å²) in [6.07, 6.45) is 3.48. The maximum atomic E-state index is 13.0. The SMILES string of the molecule is Cc1cn(CC(=O)N2CCN(c3ccc(S(=O)(=O)Nc4nccs4)cc3)C(=O)C2)c2ccccc12.N. The Morgan fingerprint density at radius 2 is 1.86 bits per heavy atom. The summed E-state index contributed by atoms with van der Waals surface area (Å²) in [7, 11) is -3.77. The molecule has 12 heteroatoms. The summed E-state index contributed by atoms with van der Waals surface area (Å²) < 4.78 is 29.4. The fraction of sp³-hybridized carbons (Fsp3) is 0.208. The number of fused-ring (bicyclic) bond motifs is 1. The minimum Gasteiger partial charge on any atom is -0.344 e. The van der Waals surface area contributed by atoms with Crippen molar-refractivity contribution in [1.82, 2.24) is 20.6 Å². The minimum absolute atomic E-state index is 0. The molecule has 2 amide bonds. The highest BCUT2D eigenvalue weighted by Gasteiger charge is 2.28. The minimum atomic E-state index is -3.77. The van der Waals surface area contributed by atoms with Gasteiger partial charge in [-0.3, -0.25) is 14.3 Å². The quantitative estimate of drug-likeness (QED) is 0.395. The predicted molar refractivity (Wildman–Crippen MR) is 140 cm³/mol. The van der Waals surface area contributed by atoms with E-state index in [1.165, 1.54) is 29.7 Å². The Hall–Kier alpha value is -3.74. The summed E-state index contributed by atoms with van der Waals surface area (Å²) in [6, 6.07) is 14.0. The van der Waals surface area contributed by atoms with Crippen LogP contribution in [0.25, 0.3) is 10.9 Å². The molecule has 1 aliphatic rings. The van der Waals surface area contributed by atoms with Crippen LogP contribution in [0.2, 0.25) is 0 Å². The molecule has 4 N–H and O–H groups in total. The van der Waals surface area contributed by atoms with E-state index in [9.17, 15) is 18.0 Å². The highest BCUT2D eigenvalue weighted by molar-refractivity contribution is 7.93. The molecule has 3 heterocycles. The molecule has 36 heavy (non-hydrogen) atoms. The van der Waals surface area contributed by atoms with E-state index in [1.54, 1.807) is 27.3 Å². The van der Waals surface area contributed by atoms with E-state index in [1.807, 2.05) is 42.0 Å². The van der Waals surface area contributed by atoms with Crippen molar-refractivity contribution in [3.05, 3.63) is 71.9 Å². The molecule has 1 aliphatic heterocycles. The van der Waals surface area contributed by atoms with Crippen molar-refractivity contribution in [3.63, 3.8) is 0 Å². The van der Waals surface area contributed by atoms with Crippen LogP contribution < -0.4 is 15.8 Å². The number of nitrogens with one attached hydrogen (secondary N) is 1. The Bertz CT molecular complexity index is 1500. The maximum absolute atomic E-state index is 13.0. The monoisotopic (exact) mass is 526 g/mol. The number of amides is 2. The van der Waals surface area contributed by atoms with Crippen LogP contribution in [-0.2, 0) is 26.2 Å². The molecule has 0 radical (unpaired) electrons. The van der Waals surface area contributed by atoms with Crippen LogP contribution in [0, 0.1) is 6.92 Å². The number of aryl methyl sites for hydroxylation is 1. The van der Waals surface area contributed by atoms with Gasteiger partial charge in [0.2, 0.25) is 11.8 Å². The van der Waals surface area contributed by atoms with E-state index in [2.05, 4.69) is 9.71 Å². The van der Waals surface area contributed by atoms with Gasteiger partial charge in [0.1, 0.15) is 13.1 Å². The highest BCUT2D eigenvalue weighted by atomic mass is 32.2. The normalized spacial score (nSPS) is 14.1. The van der Waals surface area contributed by atoms with Crippen LogP contribution in [-0.4, -0.2) is 54.3 Å². The number of hydrogen-bond donors (Lipinski definition) is 2. The lowest BCUT2D eigenvalue weighted by atomic mass is 10.2. The second-order valence-electron chi connectivity index (χ2n) is 8.25. The molecule has 1 saturated heterocycles. The molecule has 5 rings (SSSR count). The first kappa shape index (κ1) is 25.4. The smallest absolute Gasteiger partial charge is 0.263 e. The van der Waals surface area contributed by atoms with Crippen molar-refractivity contribution in [1.29, 1.82) is 0 Å². The standard InChI is InChI=1S/C24H23N5O4S2.H3N/c1-17-14-28(21-5-3-2-4-20(17)21)15-22(30)27-11-12-29(23(31)16-27)18-6-8-19(9-7-18)35(32,33)26-24-25-10-13-34-24;/h2-10,13-14H,11-12,15-16H2,1H3,(H,25,26);1H3. The molecule has 2 aromatic heterocycles. The molecule has 188 valence electrons. The molecule has 0 aliphatic carbocycles. The molecule has 0 spiro atoms. The average Bonchev–Trinajstić information content (AvgIpc) is 3.46. The van der Waals surface area contributed by atoms with Crippen molar-refractivity contribution in [3.8, 4) is 0 Å². The van der Waals surface area contributed by atoms with Gasteiger partial charge in [0, 0.05) is 47.5 Å². The summed E-state index contributed by atoms with van der Waals surface area (Å²) in [6.45, 7) is 2.88. The van der Waals surface area contributed by atoms with Gasteiger partial charge in [0.05, 0.1) is 4.90 Å². The lowest BCUT2D eigenvalue weighted by Gasteiger charge is -2.34. The third-order valence-electron chi connectivity index (χ3n) is 5.98. The molecule has 0 atom stereocenters. The molecule has 0 unspecified atom stereocenters. The van der Waals surface area contributed by atoms with Crippen LogP contribution in [0.5, 0.6) is 0 Å². The molecule has 0 saturated carbocycles. The highest BCUT2D eigenvalue weighted by Crippen LogP contribution is 2.24. The number of nitrogens with zero attached hydrogens (tertiary/aromatic N) is 4. The first-order valence-corrected chi connectivity index (χ1v) is 13.3. The van der Waals surface area contributed by atoms with Gasteiger partial charge in [-0.1, -0.05) is 18.2 Å². The molecular formula is C24H26N6O4S2. The van der Waals surface area contributed by atoms with E-state index in [0.717, 1.165) is 16.5 Å². The van der Waals surface area contributed by atoms with Gasteiger partial charge in [-0.2, -0.15) is 0 Å². The molecule has 10 nitrogen and oxygen atoms in total. The van der Waals surface area contributed by atoms with Crippen LogP contribution >= 0.6 is 11.3 Å². The number of piperazine rings is 1. The van der Waals surface area contributed by atoms with Gasteiger partial charge in [-0.15, -0.1) is 11.3 Å². The molecule has 2 aromatic carbocycles. The fourth-order valence-corrected chi connectivity index (χ4v) is 6.01. The third-order valence-corrected chi connectivity index (χ3v) is 8.15. The molecule has 4 aromatic rings. The summed E-state index contributed by atoms with van der Waals surface area (Å²) in [5, 5.41) is 3.07. The van der Waals surface area contributed by atoms with Crippen molar-refractivity contribution in [2.75, 3.05) is 29.3 Å². The number of benzene rings is 2. The van der Waals surface area contributed by atoms with Gasteiger partial charge in [0.15, 0.2) is 5.13 Å². The number of rotatable bonds is 6. The summed E-state index contributed by atoms with van der Waals surface area (Å²) in [4.78, 5) is 33.0. The van der Waals surface area contributed by atoms with Gasteiger partial charge in [-0.05, 0) is 42.8 Å². The van der Waals surface area contributed by atoms with Gasteiger partial charge in [-0.25, -0.2) is 13.4 Å². The van der Waals surface area contributed by atoms with Crippen LogP contribution in [0.1, 0.15) is 5.56 Å². The zero-order chi connectivity index (χ0) is 24.6. The van der Waals surface area contributed by atoms with Crippen molar-refractivity contribution in [2.24, 2.45) is 0 Å². The molecule has 1 fully saturated rings. The Morgan fingerprint density at radius 1 is 1.11 bits per heavy atom. The van der Waals surface area contributed by atoms with Crippen LogP contribution in [0.4, 0.5) is 10.8 Å². The zero-order valence-corrected chi connectivity index (χ0v) is 21.3. The number of anilines is 2. The summed E-state index contributed by atoms with van der Waals surface area (Å²) in [5.41, 5.74) is 2.67. The van der Waals surface area contributed by atoms with Crippen molar-refractivity contribution < 1.29 is 18.0 Å². The van der Waals surface area contributed by atoms with Crippen molar-refractivity contribution in [2.45, 2.75) is 18.4 Å². The van der Waals surface area contributed by atoms with E-state index < -0.39 is 10.0 Å². The van der Waals surface area contributed by atoms with Gasteiger partial charge >= 0.3 is 0 Å². The largest absolute Gasteiger partial charge is 0.344 e. The number of carbonyl (C=O) groups excluding carboxylic acids is 2. The Morgan fingerprint density at radius 3 is 2.56 bits per heavy atom. The number of aromatic nitrogens is 2. The van der Waals surface area contributed by atoms with E-state index in [4.69, 9.17) is 0 Å².